The van der Waals surface area contributed by atoms with Crippen LogP contribution in [0.2, 0.25) is 0 Å². The van der Waals surface area contributed by atoms with Crippen molar-refractivity contribution in [1.29, 1.82) is 0 Å². The van der Waals surface area contributed by atoms with Crippen LogP contribution in [0.1, 0.15) is 58.3 Å². The van der Waals surface area contributed by atoms with E-state index >= 15 is 0 Å². The lowest BCUT2D eigenvalue weighted by Crippen LogP contribution is -2.37. The predicted molar refractivity (Wildman–Crippen MR) is 94.0 cm³/mol. The van der Waals surface area contributed by atoms with Gasteiger partial charge in [0.2, 0.25) is 0 Å². The number of alkyl halides is 2. The van der Waals surface area contributed by atoms with Gasteiger partial charge < -0.3 is 14.8 Å². The zero-order chi connectivity index (χ0) is 19.3. The van der Waals surface area contributed by atoms with Gasteiger partial charge in [0.1, 0.15) is 5.69 Å². The summed E-state index contributed by atoms with van der Waals surface area (Å²) in [6.45, 7) is 0. The van der Waals surface area contributed by atoms with Crippen LogP contribution >= 0.6 is 0 Å². The summed E-state index contributed by atoms with van der Waals surface area (Å²) in [5.41, 5.74) is 2.00. The van der Waals surface area contributed by atoms with E-state index in [1.807, 2.05) is 12.1 Å². The maximum Gasteiger partial charge on any atom is 0.282 e. The van der Waals surface area contributed by atoms with Crippen molar-refractivity contribution in [3.05, 3.63) is 46.8 Å². The Morgan fingerprint density at radius 1 is 1.30 bits per heavy atom. The summed E-state index contributed by atoms with van der Waals surface area (Å²) in [6.07, 6.45) is 0.302. The molecule has 27 heavy (non-hydrogen) atoms. The number of aryl methyl sites for hydroxylation is 1. The highest BCUT2D eigenvalue weighted by Crippen LogP contribution is 2.62. The Balaban J connectivity index is 1.70. The van der Waals surface area contributed by atoms with Crippen LogP contribution in [0.15, 0.2) is 24.4 Å². The highest BCUT2D eigenvalue weighted by atomic mass is 19.3. The lowest BCUT2D eigenvalue weighted by molar-refractivity contribution is -0.214. The molecular formula is C19H21F2N3O3. The second-order valence-corrected chi connectivity index (χ2v) is 6.98. The molecule has 1 aromatic carbocycles. The average Bonchev–Trinajstić information content (AvgIpc) is 3.30. The summed E-state index contributed by atoms with van der Waals surface area (Å²) in [5, 5.41) is 6.50. The SMILES string of the molecule is COC1(OC)[C@@H]2CC[C@H]1c1cccc(NC(=O)c3cn(C)nc3C(F)F)c12. The zero-order valence-corrected chi connectivity index (χ0v) is 15.3. The number of anilines is 1. The van der Waals surface area contributed by atoms with E-state index < -0.39 is 23.8 Å². The molecule has 0 aliphatic heterocycles. The molecule has 8 heteroatoms. The highest BCUT2D eigenvalue weighted by Gasteiger charge is 2.59. The Kier molecular flexibility index (Phi) is 4.27. The predicted octanol–water partition coefficient (Wildman–Crippen LogP) is 3.57. The molecule has 2 aliphatic carbocycles. The number of nitrogens with zero attached hydrogens (tertiary/aromatic N) is 2. The van der Waals surface area contributed by atoms with E-state index in [0.717, 1.165) is 24.0 Å². The Bertz CT molecular complexity index is 892. The lowest BCUT2D eigenvalue weighted by Gasteiger charge is -2.31. The Hall–Kier alpha value is -2.32. The summed E-state index contributed by atoms with van der Waals surface area (Å²) in [6, 6.07) is 5.64. The quantitative estimate of drug-likeness (QED) is 0.809. The Labute approximate surface area is 155 Å². The van der Waals surface area contributed by atoms with E-state index in [1.165, 1.54) is 17.9 Å². The van der Waals surface area contributed by atoms with Gasteiger partial charge in [0.25, 0.3) is 12.3 Å². The van der Waals surface area contributed by atoms with Crippen LogP contribution in [0.25, 0.3) is 0 Å². The van der Waals surface area contributed by atoms with Crippen LogP contribution in [-0.4, -0.2) is 35.7 Å². The fourth-order valence-corrected chi connectivity index (χ4v) is 4.76. The van der Waals surface area contributed by atoms with Gasteiger partial charge in [-0.3, -0.25) is 9.48 Å². The molecule has 0 unspecified atom stereocenters. The monoisotopic (exact) mass is 377 g/mol. The number of carbonyl (C=O) groups excluding carboxylic acids is 1. The number of halogens is 2. The first-order valence-electron chi connectivity index (χ1n) is 8.79. The first-order chi connectivity index (χ1) is 12.9. The summed E-state index contributed by atoms with van der Waals surface area (Å²) in [7, 11) is 4.76. The summed E-state index contributed by atoms with van der Waals surface area (Å²) >= 11 is 0. The fraction of sp³-hybridized carbons (Fsp3) is 0.474. The second-order valence-electron chi connectivity index (χ2n) is 6.98. The van der Waals surface area contributed by atoms with Crippen LogP contribution in [0, 0.1) is 0 Å². The molecule has 2 atom stereocenters. The third-order valence-electron chi connectivity index (χ3n) is 5.77. The third-order valence-corrected chi connectivity index (χ3v) is 5.77. The molecule has 1 N–H and O–H groups in total. The number of methoxy groups -OCH3 is 2. The minimum Gasteiger partial charge on any atom is -0.352 e. The molecule has 2 bridgehead atoms. The number of fused-ring (bicyclic) bond motifs is 5. The molecule has 144 valence electrons. The highest BCUT2D eigenvalue weighted by molar-refractivity contribution is 6.05. The lowest BCUT2D eigenvalue weighted by atomic mass is 9.90. The number of rotatable bonds is 5. The van der Waals surface area contributed by atoms with Crippen LogP contribution < -0.4 is 5.32 Å². The topological polar surface area (TPSA) is 65.4 Å². The molecule has 0 radical (unpaired) electrons. The number of aromatic nitrogens is 2. The maximum absolute atomic E-state index is 13.2. The fourth-order valence-electron chi connectivity index (χ4n) is 4.76. The molecule has 1 saturated carbocycles. The zero-order valence-electron chi connectivity index (χ0n) is 15.3. The van der Waals surface area contributed by atoms with E-state index in [-0.39, 0.29) is 17.4 Å². The van der Waals surface area contributed by atoms with Gasteiger partial charge in [0.15, 0.2) is 5.79 Å². The number of carbonyl (C=O) groups is 1. The molecule has 0 saturated heterocycles. The molecule has 1 amide bonds. The average molecular weight is 377 g/mol. The largest absolute Gasteiger partial charge is 0.352 e. The number of nitrogens with one attached hydrogen (secondary N) is 1. The summed E-state index contributed by atoms with van der Waals surface area (Å²) in [4.78, 5) is 12.7. The molecule has 4 rings (SSSR count). The Morgan fingerprint density at radius 2 is 2.00 bits per heavy atom. The van der Waals surface area contributed by atoms with Crippen molar-refractivity contribution in [3.8, 4) is 0 Å². The minimum atomic E-state index is -2.82. The van der Waals surface area contributed by atoms with Crippen molar-refractivity contribution >= 4 is 11.6 Å². The van der Waals surface area contributed by atoms with E-state index in [9.17, 15) is 13.6 Å². The van der Waals surface area contributed by atoms with E-state index in [4.69, 9.17) is 9.47 Å². The third kappa shape index (κ3) is 2.50. The van der Waals surface area contributed by atoms with Gasteiger partial charge in [0, 0.05) is 45.0 Å². The summed E-state index contributed by atoms with van der Waals surface area (Å²) < 4.78 is 39.1. The van der Waals surface area contributed by atoms with Gasteiger partial charge in [-0.25, -0.2) is 8.78 Å². The van der Waals surface area contributed by atoms with Gasteiger partial charge in [-0.05, 0) is 30.0 Å². The number of hydrogen-bond acceptors (Lipinski definition) is 4. The van der Waals surface area contributed by atoms with Crippen molar-refractivity contribution in [3.63, 3.8) is 0 Å². The first-order valence-corrected chi connectivity index (χ1v) is 8.79. The molecule has 2 aliphatic rings. The molecule has 0 spiro atoms. The van der Waals surface area contributed by atoms with Crippen molar-refractivity contribution in [2.45, 2.75) is 36.9 Å². The van der Waals surface area contributed by atoms with Crippen LogP contribution in [0.5, 0.6) is 0 Å². The van der Waals surface area contributed by atoms with Crippen LogP contribution in [-0.2, 0) is 16.5 Å². The molecule has 2 aromatic rings. The van der Waals surface area contributed by atoms with Gasteiger partial charge in [0.05, 0.1) is 5.56 Å². The first kappa shape index (κ1) is 18.1. The molecular weight excluding hydrogens is 356 g/mol. The molecule has 1 fully saturated rings. The molecule has 1 aromatic heterocycles. The smallest absolute Gasteiger partial charge is 0.282 e. The van der Waals surface area contributed by atoms with Crippen LogP contribution in [0.3, 0.4) is 0 Å². The van der Waals surface area contributed by atoms with Crippen LogP contribution in [0.4, 0.5) is 14.5 Å². The van der Waals surface area contributed by atoms with Gasteiger partial charge in [-0.1, -0.05) is 12.1 Å². The van der Waals surface area contributed by atoms with Gasteiger partial charge >= 0.3 is 0 Å². The van der Waals surface area contributed by atoms with Crippen molar-refractivity contribution in [1.82, 2.24) is 9.78 Å². The molecule has 6 nitrogen and oxygen atoms in total. The summed E-state index contributed by atoms with van der Waals surface area (Å²) in [5.74, 6) is -1.28. The second kappa shape index (κ2) is 6.38. The molecule has 1 heterocycles. The number of benzene rings is 1. The normalized spacial score (nSPS) is 22.3. The van der Waals surface area contributed by atoms with E-state index in [0.29, 0.717) is 5.69 Å². The van der Waals surface area contributed by atoms with Gasteiger partial charge in [-0.15, -0.1) is 0 Å². The van der Waals surface area contributed by atoms with E-state index in [1.54, 1.807) is 20.3 Å². The van der Waals surface area contributed by atoms with Gasteiger partial charge in [-0.2, -0.15) is 5.10 Å². The van der Waals surface area contributed by atoms with Crippen molar-refractivity contribution in [2.24, 2.45) is 7.05 Å². The van der Waals surface area contributed by atoms with Crippen molar-refractivity contribution in [2.75, 3.05) is 19.5 Å². The number of amides is 1. The number of ether oxygens (including phenoxy) is 2. The Morgan fingerprint density at radius 3 is 2.67 bits per heavy atom. The number of hydrogen-bond donors (Lipinski definition) is 1. The van der Waals surface area contributed by atoms with E-state index in [2.05, 4.69) is 10.4 Å². The standard InChI is InChI=1S/C19H21F2N3O3/c1-24-9-11(16(23-24)17(20)21)18(25)22-14-6-4-5-10-12-7-8-13(15(10)14)19(12,26-2)27-3/h4-6,9,12-13,17H,7-8H2,1-3H3,(H,22,25)/t12-,13+/m0/s1. The maximum atomic E-state index is 13.2. The van der Waals surface area contributed by atoms with Crippen molar-refractivity contribution < 1.29 is 23.0 Å². The minimum absolute atomic E-state index is 0.0209.